The van der Waals surface area contributed by atoms with Crippen LogP contribution in [-0.4, -0.2) is 29.1 Å². The molecule has 1 amide bonds. The summed E-state index contributed by atoms with van der Waals surface area (Å²) in [4.78, 5) is 22.1. The predicted octanol–water partition coefficient (Wildman–Crippen LogP) is 1.12. The van der Waals surface area contributed by atoms with Gasteiger partial charge in [-0.2, -0.15) is 0 Å². The minimum Gasteiger partial charge on any atom is -0.481 e. The first-order valence-electron chi connectivity index (χ1n) is 5.92. The summed E-state index contributed by atoms with van der Waals surface area (Å²) >= 11 is 0. The second kappa shape index (κ2) is 6.59. The van der Waals surface area contributed by atoms with Gasteiger partial charge in [0.15, 0.2) is 0 Å². The topological polar surface area (TPSA) is 92.4 Å². The number of carbonyl (C=O) groups excluding carboxylic acids is 1. The molecule has 0 spiro atoms. The zero-order chi connectivity index (χ0) is 13.6. The number of carboxylic acids is 1. The van der Waals surface area contributed by atoms with Crippen molar-refractivity contribution in [2.45, 2.75) is 59.0 Å². The van der Waals surface area contributed by atoms with E-state index in [-0.39, 0.29) is 23.8 Å². The van der Waals surface area contributed by atoms with Gasteiger partial charge < -0.3 is 16.2 Å². The second-order valence-corrected chi connectivity index (χ2v) is 5.54. The lowest BCUT2D eigenvalue weighted by atomic mass is 9.87. The highest BCUT2D eigenvalue weighted by Gasteiger charge is 2.27. The average Bonchev–Trinajstić information content (AvgIpc) is 2.14. The molecule has 0 aromatic heterocycles. The molecule has 0 radical (unpaired) electrons. The van der Waals surface area contributed by atoms with Crippen molar-refractivity contribution in [3.63, 3.8) is 0 Å². The highest BCUT2D eigenvalue weighted by molar-refractivity contribution is 5.82. The molecule has 0 aliphatic rings. The Morgan fingerprint density at radius 2 is 1.88 bits per heavy atom. The molecule has 0 aromatic rings. The molecule has 5 heteroatoms. The highest BCUT2D eigenvalue weighted by Crippen LogP contribution is 2.17. The van der Waals surface area contributed by atoms with Crippen LogP contribution >= 0.6 is 0 Å². The molecule has 0 aliphatic heterocycles. The quantitative estimate of drug-likeness (QED) is 0.652. The van der Waals surface area contributed by atoms with Crippen LogP contribution in [-0.2, 0) is 9.59 Å². The van der Waals surface area contributed by atoms with Gasteiger partial charge in [0.1, 0.15) is 0 Å². The fraction of sp³-hybridized carbons (Fsp3) is 0.833. The third-order valence-corrected chi connectivity index (χ3v) is 2.63. The SMILES string of the molecule is CC(CCCC(=O)O)NC(=O)[C@@H](N)C(C)(C)C. The van der Waals surface area contributed by atoms with Crippen LogP contribution in [0.25, 0.3) is 0 Å². The van der Waals surface area contributed by atoms with Crippen molar-refractivity contribution in [3.05, 3.63) is 0 Å². The Labute approximate surface area is 103 Å². The maximum absolute atomic E-state index is 11.7. The summed E-state index contributed by atoms with van der Waals surface area (Å²) in [5.74, 6) is -0.991. The van der Waals surface area contributed by atoms with E-state index in [9.17, 15) is 9.59 Å². The summed E-state index contributed by atoms with van der Waals surface area (Å²) in [5, 5.41) is 11.3. The lowest BCUT2D eigenvalue weighted by Gasteiger charge is -2.27. The van der Waals surface area contributed by atoms with Gasteiger partial charge in [-0.25, -0.2) is 0 Å². The van der Waals surface area contributed by atoms with Crippen LogP contribution in [0.5, 0.6) is 0 Å². The van der Waals surface area contributed by atoms with Gasteiger partial charge in [-0.05, 0) is 25.2 Å². The van der Waals surface area contributed by atoms with E-state index >= 15 is 0 Å². The summed E-state index contributed by atoms with van der Waals surface area (Å²) in [6.45, 7) is 7.58. The van der Waals surface area contributed by atoms with E-state index in [1.807, 2.05) is 27.7 Å². The number of nitrogens with one attached hydrogen (secondary N) is 1. The van der Waals surface area contributed by atoms with E-state index in [1.165, 1.54) is 0 Å². The van der Waals surface area contributed by atoms with Crippen molar-refractivity contribution in [2.24, 2.45) is 11.1 Å². The van der Waals surface area contributed by atoms with Gasteiger partial charge in [0, 0.05) is 12.5 Å². The van der Waals surface area contributed by atoms with Crippen molar-refractivity contribution in [3.8, 4) is 0 Å². The van der Waals surface area contributed by atoms with E-state index in [1.54, 1.807) is 0 Å². The predicted molar refractivity (Wildman–Crippen MR) is 66.5 cm³/mol. The maximum Gasteiger partial charge on any atom is 0.303 e. The van der Waals surface area contributed by atoms with E-state index in [0.717, 1.165) is 0 Å². The minimum absolute atomic E-state index is 0.0461. The van der Waals surface area contributed by atoms with Gasteiger partial charge in [-0.15, -0.1) is 0 Å². The standard InChI is InChI=1S/C12H24N2O3/c1-8(6-5-7-9(15)16)14-11(17)10(13)12(2,3)4/h8,10H,5-7,13H2,1-4H3,(H,14,17)(H,15,16)/t8?,10-/m1/s1. The number of hydrogen-bond acceptors (Lipinski definition) is 3. The molecule has 0 aliphatic carbocycles. The molecule has 100 valence electrons. The van der Waals surface area contributed by atoms with Crippen LogP contribution in [0.2, 0.25) is 0 Å². The molecule has 2 atom stereocenters. The smallest absolute Gasteiger partial charge is 0.303 e. The lowest BCUT2D eigenvalue weighted by Crippen LogP contribution is -2.50. The number of hydrogen-bond donors (Lipinski definition) is 3. The second-order valence-electron chi connectivity index (χ2n) is 5.54. The number of aliphatic carboxylic acids is 1. The summed E-state index contributed by atoms with van der Waals surface area (Å²) in [5.41, 5.74) is 5.54. The molecule has 17 heavy (non-hydrogen) atoms. The number of carbonyl (C=O) groups is 2. The fourth-order valence-corrected chi connectivity index (χ4v) is 1.36. The largest absolute Gasteiger partial charge is 0.481 e. The summed E-state index contributed by atoms with van der Waals surface area (Å²) in [7, 11) is 0. The third-order valence-electron chi connectivity index (χ3n) is 2.63. The van der Waals surface area contributed by atoms with Crippen LogP contribution in [0.4, 0.5) is 0 Å². The van der Waals surface area contributed by atoms with Gasteiger partial charge in [-0.1, -0.05) is 20.8 Å². The lowest BCUT2D eigenvalue weighted by molar-refractivity contribution is -0.137. The molecular weight excluding hydrogens is 220 g/mol. The average molecular weight is 244 g/mol. The number of nitrogens with two attached hydrogens (primary N) is 1. The van der Waals surface area contributed by atoms with Gasteiger partial charge in [-0.3, -0.25) is 9.59 Å². The molecule has 5 nitrogen and oxygen atoms in total. The molecule has 0 saturated heterocycles. The summed E-state index contributed by atoms with van der Waals surface area (Å²) in [6.07, 6.45) is 1.34. The Bertz CT molecular complexity index is 271. The maximum atomic E-state index is 11.7. The van der Waals surface area contributed by atoms with Crippen molar-refractivity contribution >= 4 is 11.9 Å². The molecule has 4 N–H and O–H groups in total. The fourth-order valence-electron chi connectivity index (χ4n) is 1.36. The van der Waals surface area contributed by atoms with E-state index in [2.05, 4.69) is 5.32 Å². The van der Waals surface area contributed by atoms with Crippen LogP contribution in [0.1, 0.15) is 47.0 Å². The van der Waals surface area contributed by atoms with Crippen LogP contribution in [0.15, 0.2) is 0 Å². The first-order chi connectivity index (χ1) is 7.64. The van der Waals surface area contributed by atoms with E-state index in [0.29, 0.717) is 12.8 Å². The van der Waals surface area contributed by atoms with Crippen LogP contribution in [0, 0.1) is 5.41 Å². The third kappa shape index (κ3) is 6.94. The monoisotopic (exact) mass is 244 g/mol. The van der Waals surface area contributed by atoms with E-state index in [4.69, 9.17) is 10.8 Å². The first-order valence-corrected chi connectivity index (χ1v) is 5.92. The van der Waals surface area contributed by atoms with Crippen molar-refractivity contribution < 1.29 is 14.7 Å². The first kappa shape index (κ1) is 15.9. The Hall–Kier alpha value is -1.10. The van der Waals surface area contributed by atoms with Gasteiger partial charge in [0.25, 0.3) is 0 Å². The number of rotatable bonds is 6. The molecule has 0 fully saturated rings. The number of amides is 1. The van der Waals surface area contributed by atoms with Gasteiger partial charge >= 0.3 is 5.97 Å². The van der Waals surface area contributed by atoms with Crippen molar-refractivity contribution in [1.82, 2.24) is 5.32 Å². The molecule has 0 bridgehead atoms. The minimum atomic E-state index is -0.810. The molecule has 0 rings (SSSR count). The molecule has 1 unspecified atom stereocenters. The summed E-state index contributed by atoms with van der Waals surface area (Å²) < 4.78 is 0. The van der Waals surface area contributed by atoms with Crippen LogP contribution < -0.4 is 11.1 Å². The van der Waals surface area contributed by atoms with Gasteiger partial charge in [0.2, 0.25) is 5.91 Å². The van der Waals surface area contributed by atoms with Gasteiger partial charge in [0.05, 0.1) is 6.04 Å². The molecule has 0 heterocycles. The number of carboxylic acid groups (broad SMARTS) is 1. The normalized spacial score (nSPS) is 15.1. The molecule has 0 aromatic carbocycles. The molecular formula is C12H24N2O3. The van der Waals surface area contributed by atoms with Crippen molar-refractivity contribution in [2.75, 3.05) is 0 Å². The van der Waals surface area contributed by atoms with E-state index < -0.39 is 12.0 Å². The Kier molecular flexibility index (Phi) is 6.16. The zero-order valence-electron chi connectivity index (χ0n) is 11.1. The van der Waals surface area contributed by atoms with Crippen LogP contribution in [0.3, 0.4) is 0 Å². The highest BCUT2D eigenvalue weighted by atomic mass is 16.4. The zero-order valence-corrected chi connectivity index (χ0v) is 11.1. The molecule has 0 saturated carbocycles. The Morgan fingerprint density at radius 3 is 2.29 bits per heavy atom. The summed E-state index contributed by atoms with van der Waals surface area (Å²) in [6, 6.07) is -0.598. The Morgan fingerprint density at radius 1 is 1.35 bits per heavy atom. The Balaban J connectivity index is 4.00. The van der Waals surface area contributed by atoms with Crippen molar-refractivity contribution in [1.29, 1.82) is 0 Å².